The molecule has 0 bridgehead atoms. The first kappa shape index (κ1) is 31.5. The molecule has 13 nitrogen and oxygen atoms in total. The van der Waals surface area contributed by atoms with Crippen LogP contribution < -0.4 is 10.6 Å². The summed E-state index contributed by atoms with van der Waals surface area (Å²) in [6.45, 7) is 1.16. The Morgan fingerprint density at radius 1 is 0.972 bits per heavy atom. The molecule has 7 N–H and O–H groups in total. The predicted octanol–water partition coefficient (Wildman–Crippen LogP) is -2.65. The van der Waals surface area contributed by atoms with Crippen LogP contribution in [0.5, 0.6) is 0 Å². The molecule has 1 heterocycles. The molecule has 0 radical (unpaired) electrons. The van der Waals surface area contributed by atoms with Gasteiger partial charge in [-0.05, 0) is 39.9 Å². The number of nitrogens with one attached hydrogen (secondary N) is 2. The molecule has 1 saturated heterocycles. The summed E-state index contributed by atoms with van der Waals surface area (Å²) in [5, 5.41) is 55.6. The van der Waals surface area contributed by atoms with Crippen molar-refractivity contribution in [1.82, 2.24) is 10.6 Å². The van der Waals surface area contributed by atoms with Crippen molar-refractivity contribution in [2.75, 3.05) is 6.54 Å². The van der Waals surface area contributed by atoms with Crippen LogP contribution in [0.4, 0.5) is 13.2 Å². The number of carboxylic acid groups (broad SMARTS) is 1. The van der Waals surface area contributed by atoms with Gasteiger partial charge < -0.3 is 40.9 Å². The number of aliphatic hydroxyl groups is 4. The molecule has 1 aliphatic heterocycles. The number of hydrogen-bond donors (Lipinski definition) is 7. The third-order valence-corrected chi connectivity index (χ3v) is 6.15. The smallest absolute Gasteiger partial charge is 0.403 e. The Labute approximate surface area is 206 Å². The fourth-order valence-electron chi connectivity index (χ4n) is 3.82. The Bertz CT molecular complexity index is 977. The van der Waals surface area contributed by atoms with Crippen LogP contribution in [-0.4, -0.2) is 108 Å². The molecule has 17 heteroatoms. The quantitative estimate of drug-likeness (QED) is 0.147. The van der Waals surface area contributed by atoms with Crippen LogP contribution in [-0.2, 0) is 28.7 Å². The first-order chi connectivity index (χ1) is 16.1. The summed E-state index contributed by atoms with van der Waals surface area (Å²) in [6, 6.07) is 0. The lowest BCUT2D eigenvalue weighted by Gasteiger charge is -2.58. The number of ether oxygens (including phenoxy) is 1. The average molecular weight is 546 g/mol. The molecule has 7 atom stereocenters. The van der Waals surface area contributed by atoms with Gasteiger partial charge >= 0.3 is 12.1 Å². The summed E-state index contributed by atoms with van der Waals surface area (Å²) in [4.78, 5) is 60.2. The molecule has 1 rings (SSSR count). The molecular weight excluding hydrogens is 521 g/mol. The Balaban J connectivity index is 3.63. The molecule has 1 fully saturated rings. The number of aliphatic hydroxyl groups excluding tert-OH is 1. The van der Waals surface area contributed by atoms with E-state index >= 15 is 0 Å². The summed E-state index contributed by atoms with van der Waals surface area (Å²) in [6.07, 6.45) is -12.6. The number of carbonyl (C=O) groups excluding carboxylic acids is 4. The second-order valence-corrected chi connectivity index (χ2v) is 8.60. The Morgan fingerprint density at radius 2 is 1.44 bits per heavy atom. The Morgan fingerprint density at radius 3 is 1.78 bits per heavy atom. The van der Waals surface area contributed by atoms with Crippen LogP contribution in [0.15, 0.2) is 0 Å². The maximum absolute atomic E-state index is 12.9. The number of rotatable bonds is 9. The molecule has 2 unspecified atom stereocenters. The van der Waals surface area contributed by atoms with Crippen LogP contribution in [0.1, 0.15) is 27.7 Å². The Kier molecular flexibility index (Phi) is 9.11. The highest BCUT2D eigenvalue weighted by atomic mass is 32.1. The number of thiocarbonyl (C=S) groups is 1. The van der Waals surface area contributed by atoms with Gasteiger partial charge in [-0.3, -0.25) is 24.0 Å². The third kappa shape index (κ3) is 4.98. The van der Waals surface area contributed by atoms with E-state index in [1.165, 1.54) is 0 Å². The Hall–Kier alpha value is -2.57. The van der Waals surface area contributed by atoms with E-state index in [0.717, 1.165) is 6.92 Å². The molecule has 0 aromatic heterocycles. The molecule has 0 aliphatic carbocycles. The number of alkyl halides is 3. The first-order valence-electron chi connectivity index (χ1n) is 9.99. The van der Waals surface area contributed by atoms with Crippen molar-refractivity contribution in [2.45, 2.75) is 69.1 Å². The minimum absolute atomic E-state index is 0.554. The van der Waals surface area contributed by atoms with Gasteiger partial charge in [0.05, 0.1) is 0 Å². The van der Waals surface area contributed by atoms with E-state index in [0.29, 0.717) is 20.8 Å². The van der Waals surface area contributed by atoms with Gasteiger partial charge in [0.2, 0.25) is 11.2 Å². The molecule has 36 heavy (non-hydrogen) atoms. The number of halogens is 3. The molecule has 0 aromatic rings. The normalized spacial score (nSPS) is 32.1. The van der Waals surface area contributed by atoms with Crippen molar-refractivity contribution in [1.29, 1.82) is 0 Å². The number of carboxylic acids is 1. The van der Waals surface area contributed by atoms with E-state index in [2.05, 4.69) is 0 Å². The van der Waals surface area contributed by atoms with E-state index in [1.54, 1.807) is 0 Å². The molecule has 0 saturated carbocycles. The zero-order valence-electron chi connectivity index (χ0n) is 19.2. The van der Waals surface area contributed by atoms with E-state index in [1.807, 2.05) is 10.6 Å². The van der Waals surface area contributed by atoms with Crippen LogP contribution in [0.25, 0.3) is 0 Å². The fourth-order valence-corrected chi connectivity index (χ4v) is 4.01. The van der Waals surface area contributed by atoms with Gasteiger partial charge in [-0.2, -0.15) is 13.2 Å². The number of carbonyl (C=O) groups is 5. The summed E-state index contributed by atoms with van der Waals surface area (Å²) in [5.41, 5.74) is -11.0. The minimum Gasteiger partial charge on any atom is -0.481 e. The lowest BCUT2D eigenvalue weighted by Crippen LogP contribution is -2.88. The molecule has 204 valence electrons. The third-order valence-electron chi connectivity index (χ3n) is 5.89. The van der Waals surface area contributed by atoms with Gasteiger partial charge in [-0.1, -0.05) is 0 Å². The minimum atomic E-state index is -5.21. The van der Waals surface area contributed by atoms with Crippen LogP contribution in [0.3, 0.4) is 0 Å². The zero-order chi connectivity index (χ0) is 28.6. The summed E-state index contributed by atoms with van der Waals surface area (Å²) in [5.74, 6) is -11.0. The standard InChI is InChI=1S/C19H25F3N2O11S/c1-6(25)11(29)12-16(32,7(2)26)18(34,9(4)28)17(33,8(3)27)14(35-12)24-15(36)23-5-10(13(30)31)19(20,21)22/h10-12,14,29,32-34H,5H2,1-4H3,(H,30,31)(H2,23,24,36)/t10?,11?,12-,14-,16-,17+,18+/m1/s1. The van der Waals surface area contributed by atoms with Gasteiger partial charge in [0.15, 0.2) is 46.0 Å². The summed E-state index contributed by atoms with van der Waals surface area (Å²) in [7, 11) is 0. The lowest BCUT2D eigenvalue weighted by molar-refractivity contribution is -0.329. The number of aliphatic carboxylic acids is 1. The molecule has 0 amide bonds. The van der Waals surface area contributed by atoms with E-state index in [9.17, 15) is 57.6 Å². The molecule has 1 aliphatic rings. The number of Topliss-reactive ketones (excluding diaryl/α,β-unsaturated/α-hetero) is 4. The second kappa shape index (κ2) is 10.4. The van der Waals surface area contributed by atoms with Gasteiger partial charge in [-0.15, -0.1) is 0 Å². The van der Waals surface area contributed by atoms with Crippen LogP contribution in [0.2, 0.25) is 0 Å². The molecule has 0 spiro atoms. The topological polar surface area (TPSA) is 220 Å². The van der Waals surface area contributed by atoms with Gasteiger partial charge in [0.1, 0.15) is 12.2 Å². The highest BCUT2D eigenvalue weighted by Crippen LogP contribution is 2.47. The highest BCUT2D eigenvalue weighted by Gasteiger charge is 2.79. The maximum atomic E-state index is 12.9. The van der Waals surface area contributed by atoms with Crippen molar-refractivity contribution in [3.63, 3.8) is 0 Å². The maximum Gasteiger partial charge on any atom is 0.403 e. The van der Waals surface area contributed by atoms with Gasteiger partial charge in [0, 0.05) is 6.54 Å². The van der Waals surface area contributed by atoms with Crippen LogP contribution in [0, 0.1) is 5.92 Å². The van der Waals surface area contributed by atoms with Crippen molar-refractivity contribution in [3.05, 3.63) is 0 Å². The van der Waals surface area contributed by atoms with Gasteiger partial charge in [-0.25, -0.2) is 0 Å². The zero-order valence-corrected chi connectivity index (χ0v) is 20.1. The van der Waals surface area contributed by atoms with E-state index in [-0.39, 0.29) is 0 Å². The summed E-state index contributed by atoms with van der Waals surface area (Å²) >= 11 is 4.75. The largest absolute Gasteiger partial charge is 0.481 e. The summed E-state index contributed by atoms with van der Waals surface area (Å²) < 4.78 is 43.9. The first-order valence-corrected chi connectivity index (χ1v) is 10.4. The predicted molar refractivity (Wildman–Crippen MR) is 113 cm³/mol. The number of hydrogen-bond acceptors (Lipinski definition) is 11. The van der Waals surface area contributed by atoms with Crippen molar-refractivity contribution in [3.8, 4) is 0 Å². The van der Waals surface area contributed by atoms with Crippen molar-refractivity contribution >= 4 is 46.4 Å². The van der Waals surface area contributed by atoms with Crippen molar-refractivity contribution in [2.24, 2.45) is 5.92 Å². The van der Waals surface area contributed by atoms with E-state index in [4.69, 9.17) is 22.1 Å². The lowest BCUT2D eigenvalue weighted by atomic mass is 9.59. The van der Waals surface area contributed by atoms with Gasteiger partial charge in [0.25, 0.3) is 0 Å². The number of ketones is 4. The van der Waals surface area contributed by atoms with Crippen molar-refractivity contribution < 1.29 is 67.4 Å². The van der Waals surface area contributed by atoms with E-state index < -0.39 is 88.1 Å². The average Bonchev–Trinajstić information content (AvgIpc) is 2.71. The SMILES string of the molecule is CC(=O)C(O)[C@H]1O[C@@H](NC(=S)NCC(C(=O)O)C(F)(F)F)[C@@](O)(C(C)=O)[C@](O)(C(C)=O)[C@@]1(O)C(C)=O. The fraction of sp³-hybridized carbons (Fsp3) is 0.684. The second-order valence-electron chi connectivity index (χ2n) is 8.19. The molecule has 0 aromatic carbocycles. The van der Waals surface area contributed by atoms with Crippen LogP contribution >= 0.6 is 12.2 Å². The molecular formula is C19H25F3N2O11S. The monoisotopic (exact) mass is 546 g/mol. The highest BCUT2D eigenvalue weighted by molar-refractivity contribution is 7.80.